The van der Waals surface area contributed by atoms with Gasteiger partial charge in [-0.3, -0.25) is 24.4 Å². The number of alkyl halides is 3. The van der Waals surface area contributed by atoms with E-state index in [2.05, 4.69) is 20.2 Å². The van der Waals surface area contributed by atoms with Gasteiger partial charge in [-0.1, -0.05) is 47.5 Å². The lowest BCUT2D eigenvalue weighted by Crippen LogP contribution is -2.32. The van der Waals surface area contributed by atoms with Gasteiger partial charge in [0.05, 0.1) is 48.0 Å². The van der Waals surface area contributed by atoms with Gasteiger partial charge in [-0.15, -0.1) is 0 Å². The summed E-state index contributed by atoms with van der Waals surface area (Å²) in [5.74, 6) is -3.42. The second kappa shape index (κ2) is 16.7. The largest absolute Gasteiger partial charge is 0.449 e. The van der Waals surface area contributed by atoms with E-state index in [1.54, 1.807) is 74.0 Å². The van der Waals surface area contributed by atoms with Crippen molar-refractivity contribution < 1.29 is 32.3 Å². The van der Waals surface area contributed by atoms with Crippen LogP contribution in [0.25, 0.3) is 11.4 Å². The molecule has 0 radical (unpaired) electrons. The zero-order valence-corrected chi connectivity index (χ0v) is 30.3. The van der Waals surface area contributed by atoms with Crippen LogP contribution in [0.4, 0.5) is 24.5 Å². The third-order valence-electron chi connectivity index (χ3n) is 8.80. The highest BCUT2D eigenvalue weighted by Gasteiger charge is 2.40. The summed E-state index contributed by atoms with van der Waals surface area (Å²) in [7, 11) is 3.20. The quantitative estimate of drug-likeness (QED) is 0.164. The molecule has 17 heteroatoms. The number of pyridine rings is 2. The Morgan fingerprint density at radius 2 is 1.19 bits per heavy atom. The Morgan fingerprint density at radius 3 is 1.57 bits per heavy atom. The Bertz CT molecular complexity index is 2020. The van der Waals surface area contributed by atoms with Crippen LogP contribution in [0.15, 0.2) is 85.8 Å². The first-order valence-electron chi connectivity index (χ1n) is 16.4. The lowest BCUT2D eigenvalue weighted by atomic mass is 9.97. The van der Waals surface area contributed by atoms with Crippen molar-refractivity contribution >= 4 is 58.0 Å². The Morgan fingerprint density at radius 1 is 0.755 bits per heavy atom. The van der Waals surface area contributed by atoms with E-state index >= 15 is 0 Å². The number of allylic oxidation sites excluding steroid dienone is 2. The van der Waals surface area contributed by atoms with Crippen LogP contribution in [0.5, 0.6) is 0 Å². The van der Waals surface area contributed by atoms with Gasteiger partial charge in [-0.2, -0.15) is 23.4 Å². The molecule has 6 rings (SSSR count). The van der Waals surface area contributed by atoms with Gasteiger partial charge in [0.25, 0.3) is 0 Å². The monoisotopic (exact) mass is 770 g/mol. The van der Waals surface area contributed by atoms with Gasteiger partial charge in [0.15, 0.2) is 10.3 Å². The molecular formula is C36H35Cl2F3N8O4. The molecule has 0 aliphatic heterocycles. The lowest BCUT2D eigenvalue weighted by molar-refractivity contribution is -0.171. The fraction of sp³-hybridized carbons (Fsp3) is 0.333. The Kier molecular flexibility index (Phi) is 12.3. The first-order valence-corrected chi connectivity index (χ1v) is 17.2. The molecule has 53 heavy (non-hydrogen) atoms. The van der Waals surface area contributed by atoms with Crippen LogP contribution in [0, 0.1) is 23.7 Å². The summed E-state index contributed by atoms with van der Waals surface area (Å²) in [5.41, 5.74) is 2.32. The number of ketones is 2. The predicted octanol–water partition coefficient (Wildman–Crippen LogP) is 6.65. The summed E-state index contributed by atoms with van der Waals surface area (Å²) in [5, 5.41) is 8.76. The summed E-state index contributed by atoms with van der Waals surface area (Å²) < 4.78 is 40.3. The van der Waals surface area contributed by atoms with E-state index in [0.29, 0.717) is 29.9 Å². The van der Waals surface area contributed by atoms with Crippen molar-refractivity contribution in [1.29, 1.82) is 0 Å². The van der Waals surface area contributed by atoms with Gasteiger partial charge < -0.3 is 14.6 Å². The van der Waals surface area contributed by atoms with Gasteiger partial charge >= 0.3 is 6.18 Å². The SMILES string of the molecule is CC(=O)C[C@H]1C=C[C@@H](C(=O)N(C)c2cn(-c3cccnc3)nc2Cl)C1.CN(C(=O)[C@@H]1C=C[C@H](CC(=O)C(F)(F)F)C1)c1cn(-c2cccnc2)nc1Cl. The zero-order chi connectivity index (χ0) is 38.4. The van der Waals surface area contributed by atoms with Crippen molar-refractivity contribution in [2.24, 2.45) is 23.7 Å². The van der Waals surface area contributed by atoms with E-state index < -0.39 is 30.2 Å². The molecule has 4 aromatic heterocycles. The number of hydrogen-bond donors (Lipinski definition) is 0. The van der Waals surface area contributed by atoms with Gasteiger partial charge in [0, 0.05) is 39.3 Å². The van der Waals surface area contributed by atoms with Crippen LogP contribution in [-0.4, -0.2) is 73.2 Å². The number of hydrogen-bond acceptors (Lipinski definition) is 8. The molecule has 0 N–H and O–H groups in total. The maximum Gasteiger partial charge on any atom is 0.449 e. The van der Waals surface area contributed by atoms with Crippen LogP contribution in [0.1, 0.15) is 32.6 Å². The van der Waals surface area contributed by atoms with Crippen LogP contribution in [0.2, 0.25) is 10.3 Å². The van der Waals surface area contributed by atoms with Crippen molar-refractivity contribution in [3.05, 3.63) is 96.1 Å². The van der Waals surface area contributed by atoms with E-state index in [1.165, 1.54) is 33.7 Å². The number of carbonyl (C=O) groups excluding carboxylic acids is 4. The minimum absolute atomic E-state index is 0.0602. The summed E-state index contributed by atoms with van der Waals surface area (Å²) in [6, 6.07) is 7.15. The summed E-state index contributed by atoms with van der Waals surface area (Å²) in [6.45, 7) is 1.57. The summed E-state index contributed by atoms with van der Waals surface area (Å²) in [4.78, 5) is 58.8. The fourth-order valence-electron chi connectivity index (χ4n) is 6.06. The number of carbonyl (C=O) groups is 4. The van der Waals surface area contributed by atoms with Gasteiger partial charge in [0.1, 0.15) is 17.2 Å². The average molecular weight is 772 g/mol. The maximum absolute atomic E-state index is 12.8. The van der Waals surface area contributed by atoms with Crippen molar-refractivity contribution in [3.8, 4) is 11.4 Å². The smallest absolute Gasteiger partial charge is 0.311 e. The molecule has 0 aromatic carbocycles. The minimum Gasteiger partial charge on any atom is -0.311 e. The first kappa shape index (κ1) is 39.1. The predicted molar refractivity (Wildman–Crippen MR) is 192 cm³/mol. The number of anilines is 2. The molecule has 278 valence electrons. The Balaban J connectivity index is 0.000000206. The van der Waals surface area contributed by atoms with Gasteiger partial charge in [-0.25, -0.2) is 9.36 Å². The van der Waals surface area contributed by atoms with E-state index in [-0.39, 0.29) is 46.2 Å². The summed E-state index contributed by atoms with van der Waals surface area (Å²) >= 11 is 12.4. The lowest BCUT2D eigenvalue weighted by Gasteiger charge is -2.20. The molecule has 0 fully saturated rings. The molecule has 4 aromatic rings. The van der Waals surface area contributed by atoms with Crippen molar-refractivity contribution in [2.75, 3.05) is 23.9 Å². The molecule has 4 heterocycles. The molecule has 0 unspecified atom stereocenters. The molecular weight excluding hydrogens is 736 g/mol. The number of halogens is 5. The molecule has 0 saturated heterocycles. The molecule has 0 saturated carbocycles. The van der Waals surface area contributed by atoms with Crippen LogP contribution < -0.4 is 9.80 Å². The third-order valence-corrected chi connectivity index (χ3v) is 9.34. The van der Waals surface area contributed by atoms with Gasteiger partial charge in [-0.05, 0) is 55.9 Å². The van der Waals surface area contributed by atoms with E-state index in [0.717, 1.165) is 5.69 Å². The van der Waals surface area contributed by atoms with E-state index in [1.807, 2.05) is 18.2 Å². The minimum atomic E-state index is -4.86. The van der Waals surface area contributed by atoms with Crippen molar-refractivity contribution in [3.63, 3.8) is 0 Å². The second-order valence-corrected chi connectivity index (χ2v) is 13.4. The van der Waals surface area contributed by atoms with Crippen LogP contribution in [-0.2, 0) is 19.2 Å². The van der Waals surface area contributed by atoms with Gasteiger partial charge in [0.2, 0.25) is 17.6 Å². The number of nitrogens with zero attached hydrogens (tertiary/aromatic N) is 8. The highest BCUT2D eigenvalue weighted by atomic mass is 35.5. The zero-order valence-electron chi connectivity index (χ0n) is 28.8. The van der Waals surface area contributed by atoms with Crippen molar-refractivity contribution in [1.82, 2.24) is 29.5 Å². The summed E-state index contributed by atoms with van der Waals surface area (Å²) in [6.07, 6.45) is 12.4. The molecule has 0 spiro atoms. The highest BCUT2D eigenvalue weighted by molar-refractivity contribution is 6.33. The van der Waals surface area contributed by atoms with Crippen LogP contribution >= 0.6 is 23.2 Å². The highest BCUT2D eigenvalue weighted by Crippen LogP contribution is 2.34. The van der Waals surface area contributed by atoms with Crippen molar-refractivity contribution in [2.45, 2.75) is 38.8 Å². The second-order valence-electron chi connectivity index (χ2n) is 12.7. The third kappa shape index (κ3) is 9.64. The maximum atomic E-state index is 12.8. The standard InChI is InChI=1S/C18H16ClF3N4O2.C18H19ClN4O2/c1-25(14-10-26(24-16(14)19)13-3-2-6-23-9-13)17(28)12-5-4-11(7-12)8-15(27)18(20,21)22;1-12(24)8-13-5-6-14(9-13)18(25)22(2)16-11-23(21-17(16)19)15-4-3-7-20-10-15/h2-6,9-12H,7-8H2,1H3;3-7,10-11,13-14H,8-9H2,1-2H3/t11-,12+;13-,14-/m01/s1. The van der Waals surface area contributed by atoms with Crippen LogP contribution in [0.3, 0.4) is 0 Å². The van der Waals surface area contributed by atoms with E-state index in [4.69, 9.17) is 23.2 Å². The topological polar surface area (TPSA) is 136 Å². The Labute approximate surface area is 312 Å². The normalized spacial score (nSPS) is 19.1. The molecule has 2 aliphatic rings. The van der Waals surface area contributed by atoms with E-state index in [9.17, 15) is 32.3 Å². The first-order chi connectivity index (χ1) is 25.1. The Hall–Kier alpha value is -5.15. The fourth-order valence-corrected chi connectivity index (χ4v) is 6.57. The number of aromatic nitrogens is 6. The molecule has 12 nitrogen and oxygen atoms in total. The number of rotatable bonds is 10. The molecule has 4 atom stereocenters. The average Bonchev–Trinajstić information content (AvgIpc) is 3.95. The molecule has 2 aliphatic carbocycles. The molecule has 2 amide bonds. The number of amides is 2. The molecule has 0 bridgehead atoms. The number of Topliss-reactive ketones (excluding diaryl/α,β-unsaturated/α-hetero) is 2.